The maximum absolute atomic E-state index is 13.8. The third-order valence-corrected chi connectivity index (χ3v) is 6.17. The highest BCUT2D eigenvalue weighted by molar-refractivity contribution is 7.80. The SMILES string of the molecule is COC(=O)c1cccc(-n2c(C)cc(/C=C3\C(=O)NC(=S)N(c4cccc(F)c4)C3=O)c2C)c1C. The Morgan fingerprint density at radius 3 is 2.49 bits per heavy atom. The molecule has 0 bridgehead atoms. The van der Waals surface area contributed by atoms with E-state index in [9.17, 15) is 18.8 Å². The maximum Gasteiger partial charge on any atom is 0.338 e. The van der Waals surface area contributed by atoms with Crippen molar-refractivity contribution in [1.29, 1.82) is 0 Å². The van der Waals surface area contributed by atoms with E-state index in [1.54, 1.807) is 12.1 Å². The lowest BCUT2D eigenvalue weighted by molar-refractivity contribution is -0.122. The summed E-state index contributed by atoms with van der Waals surface area (Å²) in [5.41, 5.74) is 4.25. The van der Waals surface area contributed by atoms with Gasteiger partial charge in [-0.05, 0) is 86.6 Å². The second-order valence-electron chi connectivity index (χ2n) is 8.04. The van der Waals surface area contributed by atoms with Gasteiger partial charge in [-0.25, -0.2) is 9.18 Å². The van der Waals surface area contributed by atoms with Crippen molar-refractivity contribution in [2.75, 3.05) is 12.0 Å². The number of hydrogen-bond donors (Lipinski definition) is 1. The second kappa shape index (κ2) is 9.27. The standard InChI is InChI=1S/C26H22FN3O4S/c1-14-11-17(16(3)29(14)22-10-6-9-20(15(22)2)25(33)34-4)12-21-23(31)28-26(35)30(24(21)32)19-8-5-7-18(27)13-19/h5-13H,1-4H3,(H,28,31,35)/b21-12+. The van der Waals surface area contributed by atoms with Crippen LogP contribution >= 0.6 is 12.2 Å². The fourth-order valence-electron chi connectivity index (χ4n) is 4.16. The number of carbonyl (C=O) groups is 3. The van der Waals surface area contributed by atoms with Crippen LogP contribution in [0.2, 0.25) is 0 Å². The van der Waals surface area contributed by atoms with Crippen molar-refractivity contribution < 1.29 is 23.5 Å². The zero-order chi connectivity index (χ0) is 25.4. The molecule has 7 nitrogen and oxygen atoms in total. The Morgan fingerprint density at radius 1 is 1.09 bits per heavy atom. The van der Waals surface area contributed by atoms with Gasteiger partial charge in [0.1, 0.15) is 11.4 Å². The van der Waals surface area contributed by atoms with Gasteiger partial charge in [0.2, 0.25) is 0 Å². The van der Waals surface area contributed by atoms with Crippen molar-refractivity contribution in [2.45, 2.75) is 20.8 Å². The summed E-state index contributed by atoms with van der Waals surface area (Å²) in [4.78, 5) is 39.2. The van der Waals surface area contributed by atoms with Crippen LogP contribution in [-0.4, -0.2) is 34.6 Å². The van der Waals surface area contributed by atoms with Crippen molar-refractivity contribution in [1.82, 2.24) is 9.88 Å². The molecule has 1 aliphatic rings. The molecule has 0 radical (unpaired) electrons. The molecule has 0 atom stereocenters. The Bertz CT molecular complexity index is 1440. The number of methoxy groups -OCH3 is 1. The van der Waals surface area contributed by atoms with E-state index in [1.165, 1.54) is 37.5 Å². The summed E-state index contributed by atoms with van der Waals surface area (Å²) in [6.45, 7) is 5.56. The van der Waals surface area contributed by atoms with Crippen LogP contribution in [0.4, 0.5) is 10.1 Å². The molecule has 0 unspecified atom stereocenters. The Kier molecular flexibility index (Phi) is 6.36. The van der Waals surface area contributed by atoms with Gasteiger partial charge in [-0.2, -0.15) is 0 Å². The molecular weight excluding hydrogens is 469 g/mol. The first kappa shape index (κ1) is 24.0. The van der Waals surface area contributed by atoms with Gasteiger partial charge < -0.3 is 9.30 Å². The molecule has 2 aromatic carbocycles. The average molecular weight is 492 g/mol. The van der Waals surface area contributed by atoms with Gasteiger partial charge >= 0.3 is 5.97 Å². The monoisotopic (exact) mass is 491 g/mol. The molecule has 0 saturated carbocycles. The quantitative estimate of drug-likeness (QED) is 0.257. The van der Waals surface area contributed by atoms with Crippen LogP contribution in [-0.2, 0) is 14.3 Å². The zero-order valence-corrected chi connectivity index (χ0v) is 20.3. The number of aromatic nitrogens is 1. The third-order valence-electron chi connectivity index (χ3n) is 5.89. The van der Waals surface area contributed by atoms with Gasteiger partial charge in [-0.3, -0.25) is 19.8 Å². The molecule has 2 amide bonds. The topological polar surface area (TPSA) is 80.6 Å². The van der Waals surface area contributed by atoms with E-state index in [0.717, 1.165) is 27.5 Å². The Labute approximate surface area is 206 Å². The molecule has 1 aliphatic heterocycles. The highest BCUT2D eigenvalue weighted by atomic mass is 32.1. The first-order valence-corrected chi connectivity index (χ1v) is 11.1. The number of anilines is 1. The lowest BCUT2D eigenvalue weighted by atomic mass is 10.1. The molecule has 1 aromatic heterocycles. The molecule has 35 heavy (non-hydrogen) atoms. The van der Waals surface area contributed by atoms with Crippen molar-refractivity contribution in [3.05, 3.63) is 88.0 Å². The second-order valence-corrected chi connectivity index (χ2v) is 8.43. The smallest absolute Gasteiger partial charge is 0.338 e. The summed E-state index contributed by atoms with van der Waals surface area (Å²) in [6.07, 6.45) is 1.49. The minimum Gasteiger partial charge on any atom is -0.465 e. The fourth-order valence-corrected chi connectivity index (χ4v) is 4.44. The van der Waals surface area contributed by atoms with Gasteiger partial charge in [0.25, 0.3) is 11.8 Å². The van der Waals surface area contributed by atoms with Crippen LogP contribution in [0.5, 0.6) is 0 Å². The first-order chi connectivity index (χ1) is 16.6. The summed E-state index contributed by atoms with van der Waals surface area (Å²) in [6, 6.07) is 12.6. The van der Waals surface area contributed by atoms with Crippen molar-refractivity contribution >= 4 is 46.9 Å². The number of aryl methyl sites for hydroxylation is 1. The number of thiocarbonyl (C=S) groups is 1. The fraction of sp³-hybridized carbons (Fsp3) is 0.154. The van der Waals surface area contributed by atoms with Gasteiger partial charge in [-0.1, -0.05) is 12.1 Å². The minimum absolute atomic E-state index is 0.122. The normalized spacial score (nSPS) is 14.9. The number of halogens is 1. The Balaban J connectivity index is 1.79. The predicted octanol–water partition coefficient (Wildman–Crippen LogP) is 4.16. The van der Waals surface area contributed by atoms with Crippen LogP contribution in [0.1, 0.15) is 32.9 Å². The highest BCUT2D eigenvalue weighted by Crippen LogP contribution is 2.28. The van der Waals surface area contributed by atoms with Crippen molar-refractivity contribution in [3.63, 3.8) is 0 Å². The van der Waals surface area contributed by atoms with E-state index in [4.69, 9.17) is 17.0 Å². The molecule has 2 heterocycles. The molecule has 0 aliphatic carbocycles. The molecular formula is C26H22FN3O4S. The number of esters is 1. The van der Waals surface area contributed by atoms with Crippen LogP contribution < -0.4 is 10.2 Å². The van der Waals surface area contributed by atoms with E-state index >= 15 is 0 Å². The molecule has 1 saturated heterocycles. The molecule has 1 N–H and O–H groups in total. The van der Waals surface area contributed by atoms with Gasteiger partial charge in [0, 0.05) is 17.1 Å². The maximum atomic E-state index is 13.8. The summed E-state index contributed by atoms with van der Waals surface area (Å²) in [7, 11) is 1.33. The molecule has 178 valence electrons. The number of benzene rings is 2. The molecule has 4 rings (SSSR count). The van der Waals surface area contributed by atoms with Gasteiger partial charge in [0.05, 0.1) is 18.4 Å². The number of rotatable bonds is 4. The number of hydrogen-bond acceptors (Lipinski definition) is 5. The largest absolute Gasteiger partial charge is 0.465 e. The number of amides is 2. The van der Waals surface area contributed by atoms with Gasteiger partial charge in [0.15, 0.2) is 5.11 Å². The molecule has 0 spiro atoms. The Morgan fingerprint density at radius 2 is 1.80 bits per heavy atom. The summed E-state index contributed by atoms with van der Waals surface area (Å²) in [5, 5.41) is 2.38. The summed E-state index contributed by atoms with van der Waals surface area (Å²) in [5.74, 6) is -2.26. The summed E-state index contributed by atoms with van der Waals surface area (Å²) < 4.78 is 20.6. The molecule has 9 heteroatoms. The number of ether oxygens (including phenoxy) is 1. The van der Waals surface area contributed by atoms with Crippen LogP contribution in [0.15, 0.2) is 54.1 Å². The molecule has 1 fully saturated rings. The van der Waals surface area contributed by atoms with E-state index in [0.29, 0.717) is 11.1 Å². The van der Waals surface area contributed by atoms with E-state index in [-0.39, 0.29) is 16.4 Å². The van der Waals surface area contributed by atoms with Crippen LogP contribution in [0, 0.1) is 26.6 Å². The zero-order valence-electron chi connectivity index (χ0n) is 19.5. The van der Waals surface area contributed by atoms with E-state index in [1.807, 2.05) is 37.5 Å². The number of nitrogens with one attached hydrogen (secondary N) is 1. The van der Waals surface area contributed by atoms with Crippen LogP contribution in [0.3, 0.4) is 0 Å². The Hall–Kier alpha value is -4.11. The average Bonchev–Trinajstić information content (AvgIpc) is 3.09. The first-order valence-electron chi connectivity index (χ1n) is 10.7. The lowest BCUT2D eigenvalue weighted by Crippen LogP contribution is -2.54. The number of carbonyl (C=O) groups excluding carboxylic acids is 3. The molecule has 3 aromatic rings. The summed E-state index contributed by atoms with van der Waals surface area (Å²) >= 11 is 5.18. The van der Waals surface area contributed by atoms with E-state index < -0.39 is 23.6 Å². The van der Waals surface area contributed by atoms with Crippen molar-refractivity contribution in [3.8, 4) is 5.69 Å². The third kappa shape index (κ3) is 4.26. The minimum atomic E-state index is -0.655. The van der Waals surface area contributed by atoms with Gasteiger partial charge in [-0.15, -0.1) is 0 Å². The van der Waals surface area contributed by atoms with Crippen molar-refractivity contribution in [2.24, 2.45) is 0 Å². The van der Waals surface area contributed by atoms with E-state index in [2.05, 4.69) is 5.32 Å². The van der Waals surface area contributed by atoms with Crippen LogP contribution in [0.25, 0.3) is 11.8 Å². The lowest BCUT2D eigenvalue weighted by Gasteiger charge is -2.28. The number of nitrogens with zero attached hydrogens (tertiary/aromatic N) is 2. The predicted molar refractivity (Wildman–Crippen MR) is 134 cm³/mol. The highest BCUT2D eigenvalue weighted by Gasteiger charge is 2.35.